The number of fused-ring (bicyclic) bond motifs is 1. The highest BCUT2D eigenvalue weighted by Crippen LogP contribution is 2.32. The van der Waals surface area contributed by atoms with Crippen molar-refractivity contribution in [3.63, 3.8) is 0 Å². The van der Waals surface area contributed by atoms with Crippen LogP contribution < -0.4 is 5.32 Å². The van der Waals surface area contributed by atoms with Gasteiger partial charge in [-0.2, -0.15) is 0 Å². The first kappa shape index (κ1) is 18.0. The lowest BCUT2D eigenvalue weighted by molar-refractivity contribution is -0.126. The molecule has 1 N–H and O–H groups in total. The van der Waals surface area contributed by atoms with Crippen LogP contribution in [0, 0.1) is 0 Å². The van der Waals surface area contributed by atoms with Gasteiger partial charge in [0.05, 0.1) is 6.04 Å². The Kier molecular flexibility index (Phi) is 4.94. The molecule has 2 amide bonds. The van der Waals surface area contributed by atoms with Crippen molar-refractivity contribution in [1.29, 1.82) is 0 Å². The molecule has 1 unspecified atom stereocenters. The van der Waals surface area contributed by atoms with Crippen molar-refractivity contribution in [2.45, 2.75) is 25.6 Å². The first-order valence-corrected chi connectivity index (χ1v) is 9.44. The van der Waals surface area contributed by atoms with E-state index in [9.17, 15) is 9.59 Å². The maximum absolute atomic E-state index is 13.3. The van der Waals surface area contributed by atoms with E-state index in [0.717, 1.165) is 16.7 Å². The summed E-state index contributed by atoms with van der Waals surface area (Å²) >= 11 is 0. The van der Waals surface area contributed by atoms with Gasteiger partial charge in [-0.1, -0.05) is 78.9 Å². The molecule has 1 heterocycles. The molecule has 4 heteroatoms. The molecular weight excluding hydrogens is 348 g/mol. The number of benzene rings is 3. The Morgan fingerprint density at radius 1 is 0.857 bits per heavy atom. The molecular formula is C24H22N2O2. The Hall–Kier alpha value is -3.40. The van der Waals surface area contributed by atoms with Crippen LogP contribution in [-0.2, 0) is 11.3 Å². The first-order chi connectivity index (χ1) is 13.6. The van der Waals surface area contributed by atoms with Crippen LogP contribution in [0.4, 0.5) is 0 Å². The molecule has 4 rings (SSSR count). The molecule has 0 saturated heterocycles. The van der Waals surface area contributed by atoms with Crippen LogP contribution in [0.1, 0.15) is 46.1 Å². The third-order valence-corrected chi connectivity index (χ3v) is 5.18. The Bertz CT molecular complexity index is 986. The van der Waals surface area contributed by atoms with Gasteiger partial charge in [0.2, 0.25) is 5.91 Å². The molecule has 0 saturated carbocycles. The topological polar surface area (TPSA) is 49.4 Å². The standard InChI is InChI=1S/C24H22N2O2/c1-17(18-10-4-2-5-11-18)25-23(27)22(19-12-6-3-7-13-19)26-16-20-14-8-9-15-21(20)24(26)28/h2-15,17,22H,16H2,1H3,(H,25,27)/t17-,22?/m0/s1. The summed E-state index contributed by atoms with van der Waals surface area (Å²) in [6.07, 6.45) is 0. The summed E-state index contributed by atoms with van der Waals surface area (Å²) in [7, 11) is 0. The normalized spacial score (nSPS) is 15.0. The molecule has 0 bridgehead atoms. The predicted molar refractivity (Wildman–Crippen MR) is 108 cm³/mol. The zero-order valence-corrected chi connectivity index (χ0v) is 15.7. The highest BCUT2D eigenvalue weighted by Gasteiger charge is 2.37. The fourth-order valence-corrected chi connectivity index (χ4v) is 3.71. The average molecular weight is 370 g/mol. The average Bonchev–Trinajstić information content (AvgIpc) is 3.06. The number of carbonyl (C=O) groups excluding carboxylic acids is 2. The summed E-state index contributed by atoms with van der Waals surface area (Å²) in [5.41, 5.74) is 3.46. The second kappa shape index (κ2) is 7.69. The predicted octanol–water partition coefficient (Wildman–Crippen LogP) is 4.26. The zero-order valence-electron chi connectivity index (χ0n) is 15.7. The van der Waals surface area contributed by atoms with E-state index in [4.69, 9.17) is 0 Å². The van der Waals surface area contributed by atoms with E-state index in [-0.39, 0.29) is 17.9 Å². The number of hydrogen-bond donors (Lipinski definition) is 1. The minimum Gasteiger partial charge on any atom is -0.347 e. The van der Waals surface area contributed by atoms with Crippen LogP contribution in [-0.4, -0.2) is 16.7 Å². The monoisotopic (exact) mass is 370 g/mol. The van der Waals surface area contributed by atoms with Gasteiger partial charge in [0.15, 0.2) is 0 Å². The van der Waals surface area contributed by atoms with Gasteiger partial charge in [0.25, 0.3) is 5.91 Å². The van der Waals surface area contributed by atoms with Crippen molar-refractivity contribution in [3.05, 3.63) is 107 Å². The van der Waals surface area contributed by atoms with Gasteiger partial charge < -0.3 is 10.2 Å². The Labute approximate surface area is 164 Å². The van der Waals surface area contributed by atoms with E-state index >= 15 is 0 Å². The largest absolute Gasteiger partial charge is 0.347 e. The Morgan fingerprint density at radius 2 is 1.43 bits per heavy atom. The summed E-state index contributed by atoms with van der Waals surface area (Å²) in [6.45, 7) is 2.39. The molecule has 4 nitrogen and oxygen atoms in total. The zero-order chi connectivity index (χ0) is 19.5. The second-order valence-electron chi connectivity index (χ2n) is 7.04. The van der Waals surface area contributed by atoms with Gasteiger partial charge in [-0.25, -0.2) is 0 Å². The van der Waals surface area contributed by atoms with Gasteiger partial charge >= 0.3 is 0 Å². The smallest absolute Gasteiger partial charge is 0.255 e. The summed E-state index contributed by atoms with van der Waals surface area (Å²) in [4.78, 5) is 28.0. The van der Waals surface area contributed by atoms with Crippen LogP contribution in [0.15, 0.2) is 84.9 Å². The third kappa shape index (κ3) is 3.41. The van der Waals surface area contributed by atoms with Crippen molar-refractivity contribution in [3.8, 4) is 0 Å². The first-order valence-electron chi connectivity index (χ1n) is 9.44. The number of hydrogen-bond acceptors (Lipinski definition) is 2. The molecule has 0 aromatic heterocycles. The lowest BCUT2D eigenvalue weighted by Gasteiger charge is -2.28. The van der Waals surface area contributed by atoms with E-state index in [2.05, 4.69) is 5.32 Å². The van der Waals surface area contributed by atoms with Gasteiger partial charge in [0, 0.05) is 12.1 Å². The molecule has 140 valence electrons. The minimum absolute atomic E-state index is 0.105. The van der Waals surface area contributed by atoms with E-state index in [1.165, 1.54) is 0 Å². The third-order valence-electron chi connectivity index (χ3n) is 5.18. The molecule has 0 fully saturated rings. The molecule has 28 heavy (non-hydrogen) atoms. The van der Waals surface area contributed by atoms with E-state index in [1.807, 2.05) is 91.9 Å². The lowest BCUT2D eigenvalue weighted by Crippen LogP contribution is -2.41. The Morgan fingerprint density at radius 3 is 2.07 bits per heavy atom. The SMILES string of the molecule is C[C@H](NC(=O)C(c1ccccc1)N1Cc2ccccc2C1=O)c1ccccc1. The minimum atomic E-state index is -0.674. The van der Waals surface area contributed by atoms with Gasteiger partial charge in [-0.05, 0) is 29.7 Å². The van der Waals surface area contributed by atoms with Crippen molar-refractivity contribution in [2.24, 2.45) is 0 Å². The van der Waals surface area contributed by atoms with E-state index in [0.29, 0.717) is 12.1 Å². The maximum Gasteiger partial charge on any atom is 0.255 e. The molecule has 3 aromatic rings. The number of rotatable bonds is 5. The molecule has 2 atom stereocenters. The van der Waals surface area contributed by atoms with Gasteiger partial charge in [-0.15, -0.1) is 0 Å². The quantitative estimate of drug-likeness (QED) is 0.729. The highest BCUT2D eigenvalue weighted by atomic mass is 16.2. The van der Waals surface area contributed by atoms with E-state index in [1.54, 1.807) is 4.90 Å². The van der Waals surface area contributed by atoms with Crippen LogP contribution in [0.5, 0.6) is 0 Å². The number of amides is 2. The molecule has 3 aromatic carbocycles. The second-order valence-corrected chi connectivity index (χ2v) is 7.04. The van der Waals surface area contributed by atoms with Gasteiger partial charge in [0.1, 0.15) is 6.04 Å². The van der Waals surface area contributed by atoms with Crippen molar-refractivity contribution >= 4 is 11.8 Å². The molecule has 0 spiro atoms. The number of nitrogens with zero attached hydrogens (tertiary/aromatic N) is 1. The van der Waals surface area contributed by atoms with Crippen LogP contribution in [0.3, 0.4) is 0 Å². The summed E-state index contributed by atoms with van der Waals surface area (Å²) in [5, 5.41) is 3.09. The van der Waals surface area contributed by atoms with E-state index < -0.39 is 6.04 Å². The summed E-state index contributed by atoms with van der Waals surface area (Å²) in [5.74, 6) is -0.282. The van der Waals surface area contributed by atoms with Crippen molar-refractivity contribution in [1.82, 2.24) is 10.2 Å². The molecule has 0 radical (unpaired) electrons. The highest BCUT2D eigenvalue weighted by molar-refractivity contribution is 6.01. The number of carbonyl (C=O) groups is 2. The van der Waals surface area contributed by atoms with Crippen molar-refractivity contribution < 1.29 is 9.59 Å². The molecule has 1 aliphatic heterocycles. The lowest BCUT2D eigenvalue weighted by atomic mass is 10.0. The van der Waals surface area contributed by atoms with Gasteiger partial charge in [-0.3, -0.25) is 9.59 Å². The van der Waals surface area contributed by atoms with Crippen LogP contribution in [0.25, 0.3) is 0 Å². The molecule has 1 aliphatic rings. The maximum atomic E-state index is 13.3. The number of nitrogens with one attached hydrogen (secondary N) is 1. The Balaban J connectivity index is 1.64. The summed E-state index contributed by atoms with van der Waals surface area (Å²) in [6, 6.07) is 26.0. The van der Waals surface area contributed by atoms with Crippen LogP contribution in [0.2, 0.25) is 0 Å². The summed E-state index contributed by atoms with van der Waals surface area (Å²) < 4.78 is 0. The molecule has 0 aliphatic carbocycles. The fourth-order valence-electron chi connectivity index (χ4n) is 3.71. The van der Waals surface area contributed by atoms with Crippen LogP contribution >= 0.6 is 0 Å². The fraction of sp³-hybridized carbons (Fsp3) is 0.167. The van der Waals surface area contributed by atoms with Crippen molar-refractivity contribution in [2.75, 3.05) is 0 Å².